The molecule has 290 valence electrons. The van der Waals surface area contributed by atoms with Crippen LogP contribution in [0.25, 0.3) is 44.2 Å². The Balaban J connectivity index is 1.13. The lowest BCUT2D eigenvalue weighted by atomic mass is 9.48. The molecule has 0 atom stereocenters. The fourth-order valence-electron chi connectivity index (χ4n) is 13.5. The van der Waals surface area contributed by atoms with E-state index in [1.807, 2.05) is 0 Å². The van der Waals surface area contributed by atoms with Crippen LogP contribution in [0.3, 0.4) is 0 Å². The first-order valence-electron chi connectivity index (χ1n) is 22.1. The largest absolute Gasteiger partial charge is 0.454 e. The lowest BCUT2D eigenvalue weighted by Gasteiger charge is -2.57. The van der Waals surface area contributed by atoms with Gasteiger partial charge < -0.3 is 9.32 Å². The van der Waals surface area contributed by atoms with E-state index in [0.29, 0.717) is 0 Å². The molecule has 58 heavy (non-hydrogen) atoms. The zero-order valence-electron chi connectivity index (χ0n) is 35.3. The smallest absolute Gasteiger partial charge is 0.159 e. The molecule has 6 aliphatic carbocycles. The van der Waals surface area contributed by atoms with E-state index in [-0.39, 0.29) is 21.7 Å². The molecule has 4 bridgehead atoms. The highest BCUT2D eigenvalue weighted by Gasteiger charge is 2.52. The highest BCUT2D eigenvalue weighted by Crippen LogP contribution is 2.62. The molecule has 1 heterocycles. The summed E-state index contributed by atoms with van der Waals surface area (Å²) in [7, 11) is 0. The molecule has 4 saturated carbocycles. The van der Waals surface area contributed by atoms with E-state index in [1.165, 1.54) is 116 Å². The molecule has 2 nitrogen and oxygen atoms in total. The third kappa shape index (κ3) is 4.72. The Labute approximate surface area is 344 Å². The van der Waals surface area contributed by atoms with Crippen molar-refractivity contribution in [1.82, 2.24) is 0 Å². The monoisotopic (exact) mass is 757 g/mol. The Morgan fingerprint density at radius 2 is 1.14 bits per heavy atom. The van der Waals surface area contributed by atoms with Gasteiger partial charge in [-0.05, 0) is 165 Å². The van der Waals surface area contributed by atoms with E-state index < -0.39 is 0 Å². The summed E-state index contributed by atoms with van der Waals surface area (Å²) in [4.78, 5) is 2.58. The lowest BCUT2D eigenvalue weighted by Crippen LogP contribution is -2.48. The third-order valence-corrected chi connectivity index (χ3v) is 15.9. The Morgan fingerprint density at radius 3 is 1.84 bits per heavy atom. The summed E-state index contributed by atoms with van der Waals surface area (Å²) >= 11 is 0. The van der Waals surface area contributed by atoms with Crippen LogP contribution in [0.1, 0.15) is 120 Å². The second-order valence-corrected chi connectivity index (χ2v) is 21.2. The third-order valence-electron chi connectivity index (χ3n) is 15.9. The zero-order valence-corrected chi connectivity index (χ0v) is 35.3. The first-order chi connectivity index (χ1) is 27.8. The van der Waals surface area contributed by atoms with Gasteiger partial charge in [0.25, 0.3) is 0 Å². The van der Waals surface area contributed by atoms with E-state index >= 15 is 0 Å². The van der Waals surface area contributed by atoms with Crippen molar-refractivity contribution < 1.29 is 4.42 Å². The summed E-state index contributed by atoms with van der Waals surface area (Å²) in [6.07, 6.45) is 8.29. The molecule has 6 aliphatic rings. The first kappa shape index (κ1) is 34.9. The Morgan fingerprint density at radius 1 is 0.552 bits per heavy atom. The molecule has 0 N–H and O–H groups in total. The Kier molecular flexibility index (Phi) is 6.96. The SMILES string of the molecule is CC(C)(C)c1cccc2c1-c1ccc(N(c3ccc4c(c3)C(C)(C)c3ccccc3-4)c3cc(C45CC6CC(CC(C6)C4)C5)cc4c3oc3ccccc34)cc1C2(C)C. The summed E-state index contributed by atoms with van der Waals surface area (Å²) in [5.74, 6) is 2.59. The van der Waals surface area contributed by atoms with Crippen LogP contribution in [0.15, 0.2) is 120 Å². The molecule has 7 aromatic rings. The zero-order chi connectivity index (χ0) is 39.5. The maximum atomic E-state index is 7.06. The lowest BCUT2D eigenvalue weighted by molar-refractivity contribution is -0.00511. The van der Waals surface area contributed by atoms with Crippen molar-refractivity contribution >= 4 is 39.0 Å². The van der Waals surface area contributed by atoms with E-state index in [4.69, 9.17) is 4.42 Å². The van der Waals surface area contributed by atoms with Gasteiger partial charge in [-0.15, -0.1) is 0 Å². The van der Waals surface area contributed by atoms with Gasteiger partial charge in [-0.2, -0.15) is 0 Å². The molecule has 0 spiro atoms. The van der Waals surface area contributed by atoms with Crippen LogP contribution in [-0.2, 0) is 21.7 Å². The van der Waals surface area contributed by atoms with Crippen LogP contribution >= 0.6 is 0 Å². The second kappa shape index (κ2) is 11.6. The quantitative estimate of drug-likeness (QED) is 0.178. The summed E-state index contributed by atoms with van der Waals surface area (Å²) in [6, 6.07) is 44.6. The minimum atomic E-state index is -0.148. The van der Waals surface area contributed by atoms with Gasteiger partial charge >= 0.3 is 0 Å². The Bertz CT molecular complexity index is 2840. The van der Waals surface area contributed by atoms with Gasteiger partial charge in [0, 0.05) is 33.0 Å². The molecular formula is C56H55NO. The predicted octanol–water partition coefficient (Wildman–Crippen LogP) is 15.4. The van der Waals surface area contributed by atoms with Crippen molar-refractivity contribution in [3.63, 3.8) is 0 Å². The molecule has 0 amide bonds. The van der Waals surface area contributed by atoms with Crippen molar-refractivity contribution in [2.45, 2.75) is 109 Å². The minimum Gasteiger partial charge on any atom is -0.454 e. The van der Waals surface area contributed by atoms with Crippen molar-refractivity contribution in [1.29, 1.82) is 0 Å². The van der Waals surface area contributed by atoms with E-state index in [0.717, 1.165) is 34.6 Å². The average Bonchev–Trinajstić information content (AvgIpc) is 3.77. The molecular weight excluding hydrogens is 703 g/mol. The van der Waals surface area contributed by atoms with E-state index in [1.54, 1.807) is 0 Å². The predicted molar refractivity (Wildman–Crippen MR) is 242 cm³/mol. The standard InChI is InChI=1S/C56H55NO/c1-53(2,3)45-16-12-17-46-51(45)42-22-20-38(29-48(42)55(46,6)7)57(37-19-21-40-39-13-8-10-15-44(39)54(4,5)47(40)28-37)49-27-36(26-43-41-14-9-11-18-50(41)58-52(43)49)56-30-33-23-34(31-56)25-35(24-33)32-56/h8-22,26-29,33-35H,23-25,30-32H2,1-7H3. The number of benzene rings is 6. The number of furan rings is 1. The Hall–Kier alpha value is -5.08. The summed E-state index contributed by atoms with van der Waals surface area (Å²) < 4.78 is 7.06. The van der Waals surface area contributed by atoms with E-state index in [9.17, 15) is 0 Å². The van der Waals surface area contributed by atoms with Crippen LogP contribution in [0.2, 0.25) is 0 Å². The number of rotatable bonds is 4. The van der Waals surface area contributed by atoms with Gasteiger partial charge in [0.05, 0.1) is 5.69 Å². The van der Waals surface area contributed by atoms with Gasteiger partial charge in [0.15, 0.2) is 5.58 Å². The molecule has 0 saturated heterocycles. The van der Waals surface area contributed by atoms with E-state index in [2.05, 4.69) is 169 Å². The molecule has 6 aromatic carbocycles. The number of nitrogens with zero attached hydrogens (tertiary/aromatic N) is 1. The molecule has 0 radical (unpaired) electrons. The highest BCUT2D eigenvalue weighted by molar-refractivity contribution is 6.11. The van der Waals surface area contributed by atoms with Gasteiger partial charge in [0.1, 0.15) is 5.58 Å². The number of hydrogen-bond acceptors (Lipinski definition) is 2. The maximum Gasteiger partial charge on any atom is 0.159 e. The minimum absolute atomic E-state index is 0.0349. The second-order valence-electron chi connectivity index (χ2n) is 21.2. The molecule has 1 aromatic heterocycles. The van der Waals surface area contributed by atoms with Crippen molar-refractivity contribution in [3.8, 4) is 22.3 Å². The topological polar surface area (TPSA) is 16.4 Å². The maximum absolute atomic E-state index is 7.06. The molecule has 0 unspecified atom stereocenters. The fourth-order valence-corrected chi connectivity index (χ4v) is 13.5. The fraction of sp³-hybridized carbons (Fsp3) is 0.357. The molecule has 4 fully saturated rings. The van der Waals surface area contributed by atoms with Crippen LogP contribution in [0.5, 0.6) is 0 Å². The summed E-state index contributed by atoms with van der Waals surface area (Å²) in [6.45, 7) is 16.7. The van der Waals surface area contributed by atoms with Gasteiger partial charge in [-0.1, -0.05) is 121 Å². The van der Waals surface area contributed by atoms with Crippen molar-refractivity contribution in [3.05, 3.63) is 149 Å². The van der Waals surface area contributed by atoms with Gasteiger partial charge in [-0.3, -0.25) is 0 Å². The normalized spacial score (nSPS) is 24.2. The van der Waals surface area contributed by atoms with Crippen LogP contribution in [-0.4, -0.2) is 0 Å². The van der Waals surface area contributed by atoms with Gasteiger partial charge in [-0.25, -0.2) is 0 Å². The van der Waals surface area contributed by atoms with Crippen molar-refractivity contribution in [2.75, 3.05) is 4.90 Å². The molecule has 0 aliphatic heterocycles. The van der Waals surface area contributed by atoms with Crippen molar-refractivity contribution in [2.24, 2.45) is 17.8 Å². The van der Waals surface area contributed by atoms with Crippen LogP contribution in [0, 0.1) is 17.8 Å². The summed E-state index contributed by atoms with van der Waals surface area (Å²) in [5.41, 5.74) is 19.6. The number of hydrogen-bond donors (Lipinski definition) is 0. The van der Waals surface area contributed by atoms with Crippen LogP contribution < -0.4 is 4.90 Å². The highest BCUT2D eigenvalue weighted by atomic mass is 16.3. The molecule has 2 heteroatoms. The van der Waals surface area contributed by atoms with Gasteiger partial charge in [0.2, 0.25) is 0 Å². The first-order valence-corrected chi connectivity index (χ1v) is 22.1. The summed E-state index contributed by atoms with van der Waals surface area (Å²) in [5, 5.41) is 2.47. The number of para-hydroxylation sites is 1. The average molecular weight is 758 g/mol. The number of anilines is 3. The molecule has 13 rings (SSSR count). The number of fused-ring (bicyclic) bond motifs is 9. The van der Waals surface area contributed by atoms with Crippen LogP contribution in [0.4, 0.5) is 17.1 Å².